The maximum atomic E-state index is 12.6. The molecular formula is C19H26N4O2. The van der Waals surface area contributed by atoms with E-state index in [9.17, 15) is 4.79 Å². The summed E-state index contributed by atoms with van der Waals surface area (Å²) < 4.78 is 7.32. The smallest absolute Gasteiger partial charge is 0.253 e. The number of carbonyl (C=O) groups is 1. The first-order chi connectivity index (χ1) is 12.0. The molecule has 1 fully saturated rings. The zero-order chi connectivity index (χ0) is 17.8. The highest BCUT2D eigenvalue weighted by Crippen LogP contribution is 2.13. The Morgan fingerprint density at radius 3 is 2.72 bits per heavy atom. The zero-order valence-corrected chi connectivity index (χ0v) is 15.2. The number of carbonyl (C=O) groups excluding carboxylic acids is 1. The molecule has 0 bridgehead atoms. The van der Waals surface area contributed by atoms with E-state index in [0.717, 1.165) is 31.8 Å². The predicted octanol–water partition coefficient (Wildman–Crippen LogP) is 1.91. The van der Waals surface area contributed by atoms with Crippen molar-refractivity contribution in [3.05, 3.63) is 53.3 Å². The third kappa shape index (κ3) is 4.67. The Balaban J connectivity index is 1.58. The van der Waals surface area contributed by atoms with Gasteiger partial charge in [-0.2, -0.15) is 5.10 Å². The van der Waals surface area contributed by atoms with Crippen LogP contribution >= 0.6 is 0 Å². The quantitative estimate of drug-likeness (QED) is 0.833. The second kappa shape index (κ2) is 7.80. The number of aryl methyl sites for hydroxylation is 1. The fourth-order valence-corrected chi connectivity index (χ4v) is 3.16. The van der Waals surface area contributed by atoms with Crippen LogP contribution in [-0.4, -0.2) is 58.3 Å². The largest absolute Gasteiger partial charge is 0.376 e. The van der Waals surface area contributed by atoms with Crippen molar-refractivity contribution in [3.8, 4) is 0 Å². The second-order valence-corrected chi connectivity index (χ2v) is 6.80. The van der Waals surface area contributed by atoms with E-state index in [-0.39, 0.29) is 12.0 Å². The van der Waals surface area contributed by atoms with Gasteiger partial charge in [-0.1, -0.05) is 12.1 Å². The van der Waals surface area contributed by atoms with E-state index < -0.39 is 0 Å². The highest BCUT2D eigenvalue weighted by atomic mass is 16.5. The number of rotatable bonds is 5. The minimum absolute atomic E-state index is 0.0235. The Hall–Kier alpha value is -2.18. The van der Waals surface area contributed by atoms with Gasteiger partial charge in [0.25, 0.3) is 5.91 Å². The summed E-state index contributed by atoms with van der Waals surface area (Å²) in [5.41, 5.74) is 2.96. The summed E-state index contributed by atoms with van der Waals surface area (Å²) in [6, 6.07) is 7.93. The summed E-state index contributed by atoms with van der Waals surface area (Å²) in [4.78, 5) is 16.7. The molecule has 1 saturated heterocycles. The molecule has 3 rings (SSSR count). The molecule has 2 heterocycles. The molecule has 0 spiro atoms. The Bertz CT molecular complexity index is 710. The molecular weight excluding hydrogens is 316 g/mol. The summed E-state index contributed by atoms with van der Waals surface area (Å²) >= 11 is 0. The van der Waals surface area contributed by atoms with E-state index in [2.05, 4.69) is 16.9 Å². The van der Waals surface area contributed by atoms with Gasteiger partial charge < -0.3 is 9.64 Å². The van der Waals surface area contributed by atoms with Crippen molar-refractivity contribution in [2.24, 2.45) is 7.05 Å². The molecule has 0 saturated carbocycles. The number of morpholine rings is 1. The van der Waals surface area contributed by atoms with E-state index in [1.807, 2.05) is 44.6 Å². The van der Waals surface area contributed by atoms with E-state index in [1.165, 1.54) is 5.56 Å². The van der Waals surface area contributed by atoms with Gasteiger partial charge in [-0.25, -0.2) is 0 Å². The molecule has 1 aromatic heterocycles. The van der Waals surface area contributed by atoms with Crippen LogP contribution in [0.3, 0.4) is 0 Å². The normalized spacial score (nSPS) is 18.3. The molecule has 0 radical (unpaired) electrons. The van der Waals surface area contributed by atoms with E-state index in [1.54, 1.807) is 15.8 Å². The minimum atomic E-state index is 0.0235. The molecule has 25 heavy (non-hydrogen) atoms. The first-order valence-electron chi connectivity index (χ1n) is 8.67. The van der Waals surface area contributed by atoms with Gasteiger partial charge in [-0.05, 0) is 24.6 Å². The fourth-order valence-electron chi connectivity index (χ4n) is 3.16. The second-order valence-electron chi connectivity index (χ2n) is 6.80. The maximum Gasteiger partial charge on any atom is 0.253 e. The lowest BCUT2D eigenvalue weighted by atomic mass is 10.1. The number of ether oxygens (including phenoxy) is 1. The number of benzene rings is 1. The van der Waals surface area contributed by atoms with Gasteiger partial charge in [0, 0.05) is 57.6 Å². The van der Waals surface area contributed by atoms with Crippen LogP contribution < -0.4 is 0 Å². The number of amides is 1. The van der Waals surface area contributed by atoms with Crippen molar-refractivity contribution in [2.45, 2.75) is 26.1 Å². The van der Waals surface area contributed by atoms with Gasteiger partial charge >= 0.3 is 0 Å². The van der Waals surface area contributed by atoms with E-state index >= 15 is 0 Å². The molecule has 2 aromatic rings. The van der Waals surface area contributed by atoms with Crippen molar-refractivity contribution >= 4 is 5.91 Å². The van der Waals surface area contributed by atoms with Crippen LogP contribution in [0.15, 0.2) is 36.7 Å². The van der Waals surface area contributed by atoms with Gasteiger partial charge in [0.2, 0.25) is 0 Å². The van der Waals surface area contributed by atoms with Gasteiger partial charge in [0.05, 0.1) is 18.9 Å². The highest BCUT2D eigenvalue weighted by Gasteiger charge is 2.17. The SMILES string of the molecule is C[C@H]1CN(Cc2ccc(C(=O)N(C)Cc3cnn(C)c3)cc2)CCO1. The van der Waals surface area contributed by atoms with E-state index in [4.69, 9.17) is 4.74 Å². The van der Waals surface area contributed by atoms with Gasteiger partial charge in [0.1, 0.15) is 0 Å². The maximum absolute atomic E-state index is 12.6. The molecule has 1 aliphatic rings. The monoisotopic (exact) mass is 342 g/mol. The van der Waals surface area contributed by atoms with Crippen LogP contribution in [0, 0.1) is 0 Å². The summed E-state index contributed by atoms with van der Waals surface area (Å²) in [5, 5.41) is 4.14. The molecule has 0 N–H and O–H groups in total. The summed E-state index contributed by atoms with van der Waals surface area (Å²) in [6.07, 6.45) is 4.00. The lowest BCUT2D eigenvalue weighted by molar-refractivity contribution is -0.0212. The third-order valence-electron chi connectivity index (χ3n) is 4.46. The van der Waals surface area contributed by atoms with Crippen molar-refractivity contribution < 1.29 is 9.53 Å². The standard InChI is InChI=1S/C19H26N4O2/c1-15-11-23(8-9-25-15)14-16-4-6-18(7-5-16)19(24)21(2)12-17-10-20-22(3)13-17/h4-7,10,13,15H,8-9,11-12,14H2,1-3H3/t15-/m0/s1. The van der Waals surface area contributed by atoms with Crippen LogP contribution in [-0.2, 0) is 24.9 Å². The van der Waals surface area contributed by atoms with Gasteiger partial charge in [-0.3, -0.25) is 14.4 Å². The lowest BCUT2D eigenvalue weighted by Gasteiger charge is -2.31. The van der Waals surface area contributed by atoms with Crippen LogP contribution in [0.4, 0.5) is 0 Å². The number of hydrogen-bond donors (Lipinski definition) is 0. The highest BCUT2D eigenvalue weighted by molar-refractivity contribution is 5.94. The van der Waals surface area contributed by atoms with Crippen molar-refractivity contribution in [1.82, 2.24) is 19.6 Å². The predicted molar refractivity (Wildman–Crippen MR) is 96.1 cm³/mol. The van der Waals surface area contributed by atoms with Crippen LogP contribution in [0.2, 0.25) is 0 Å². The average Bonchev–Trinajstić information content (AvgIpc) is 3.00. The Kier molecular flexibility index (Phi) is 5.50. The molecule has 134 valence electrons. The number of nitrogens with zero attached hydrogens (tertiary/aromatic N) is 4. The molecule has 6 nitrogen and oxygen atoms in total. The molecule has 1 atom stereocenters. The molecule has 0 aliphatic carbocycles. The lowest BCUT2D eigenvalue weighted by Crippen LogP contribution is -2.40. The summed E-state index contributed by atoms with van der Waals surface area (Å²) in [6.45, 7) is 6.25. The van der Waals surface area contributed by atoms with E-state index in [0.29, 0.717) is 12.1 Å². The Morgan fingerprint density at radius 2 is 2.08 bits per heavy atom. The third-order valence-corrected chi connectivity index (χ3v) is 4.46. The average molecular weight is 342 g/mol. The zero-order valence-electron chi connectivity index (χ0n) is 15.2. The van der Waals surface area contributed by atoms with Crippen LogP contribution in [0.25, 0.3) is 0 Å². The van der Waals surface area contributed by atoms with Crippen molar-refractivity contribution in [1.29, 1.82) is 0 Å². The van der Waals surface area contributed by atoms with Crippen LogP contribution in [0.1, 0.15) is 28.4 Å². The fraction of sp³-hybridized carbons (Fsp3) is 0.474. The van der Waals surface area contributed by atoms with Gasteiger partial charge in [-0.15, -0.1) is 0 Å². The molecule has 6 heteroatoms. The molecule has 1 aliphatic heterocycles. The van der Waals surface area contributed by atoms with Crippen molar-refractivity contribution in [3.63, 3.8) is 0 Å². The minimum Gasteiger partial charge on any atom is -0.376 e. The number of hydrogen-bond acceptors (Lipinski definition) is 4. The molecule has 1 aromatic carbocycles. The Morgan fingerprint density at radius 1 is 1.32 bits per heavy atom. The number of aromatic nitrogens is 2. The first kappa shape index (κ1) is 17.6. The Labute approximate surface area is 149 Å². The topological polar surface area (TPSA) is 50.6 Å². The summed E-state index contributed by atoms with van der Waals surface area (Å²) in [5.74, 6) is 0.0235. The molecule has 1 amide bonds. The summed E-state index contributed by atoms with van der Waals surface area (Å²) in [7, 11) is 3.69. The van der Waals surface area contributed by atoms with Crippen LogP contribution in [0.5, 0.6) is 0 Å². The first-order valence-corrected chi connectivity index (χ1v) is 8.67. The molecule has 0 unspecified atom stereocenters. The van der Waals surface area contributed by atoms with Gasteiger partial charge in [0.15, 0.2) is 0 Å². The van der Waals surface area contributed by atoms with Crippen molar-refractivity contribution in [2.75, 3.05) is 26.7 Å².